The average Bonchev–Trinajstić information content (AvgIpc) is 2.16. The third-order valence-corrected chi connectivity index (χ3v) is 2.40. The molecule has 0 radical (unpaired) electrons. The Balaban J connectivity index is 3.98. The van der Waals surface area contributed by atoms with Gasteiger partial charge < -0.3 is 5.73 Å². The van der Waals surface area contributed by atoms with Crippen molar-refractivity contribution in [3.05, 3.63) is 24.3 Å². The lowest BCUT2D eigenvalue weighted by Gasteiger charge is -2.17. The number of hydrogen-bond acceptors (Lipinski definition) is 1. The maximum absolute atomic E-state index is 5.72. The molecule has 0 saturated heterocycles. The highest BCUT2D eigenvalue weighted by Gasteiger charge is 2.10. The van der Waals surface area contributed by atoms with Crippen LogP contribution in [0, 0.1) is 11.8 Å². The summed E-state index contributed by atoms with van der Waals surface area (Å²) in [5.74, 6) is 1.19. The SMILES string of the molecule is CC=CCC(CN)C(C)/C=C/CC. The summed E-state index contributed by atoms with van der Waals surface area (Å²) >= 11 is 0. The van der Waals surface area contributed by atoms with Crippen molar-refractivity contribution in [2.24, 2.45) is 17.6 Å². The minimum atomic E-state index is 0.596. The predicted octanol–water partition coefficient (Wildman–Crippen LogP) is 3.13. The summed E-state index contributed by atoms with van der Waals surface area (Å²) in [6.45, 7) is 7.24. The summed E-state index contributed by atoms with van der Waals surface area (Å²) in [6.07, 6.45) is 11.0. The summed E-state index contributed by atoms with van der Waals surface area (Å²) < 4.78 is 0. The van der Waals surface area contributed by atoms with Crippen LogP contribution in [-0.4, -0.2) is 6.54 Å². The Labute approximate surface area is 82.7 Å². The highest BCUT2D eigenvalue weighted by molar-refractivity contribution is 4.92. The molecule has 0 saturated carbocycles. The van der Waals surface area contributed by atoms with E-state index in [4.69, 9.17) is 5.73 Å². The molecule has 0 bridgehead atoms. The summed E-state index contributed by atoms with van der Waals surface area (Å²) in [5.41, 5.74) is 5.72. The van der Waals surface area contributed by atoms with Gasteiger partial charge in [-0.1, -0.05) is 38.2 Å². The van der Waals surface area contributed by atoms with Crippen LogP contribution < -0.4 is 5.73 Å². The van der Waals surface area contributed by atoms with Gasteiger partial charge in [-0.25, -0.2) is 0 Å². The third-order valence-electron chi connectivity index (χ3n) is 2.40. The molecule has 0 aromatic rings. The zero-order chi connectivity index (χ0) is 10.1. The van der Waals surface area contributed by atoms with Crippen LogP contribution in [-0.2, 0) is 0 Å². The minimum absolute atomic E-state index is 0.596. The molecule has 0 rings (SSSR count). The van der Waals surface area contributed by atoms with Crippen LogP contribution in [0.4, 0.5) is 0 Å². The van der Waals surface area contributed by atoms with Crippen LogP contribution in [0.2, 0.25) is 0 Å². The van der Waals surface area contributed by atoms with E-state index in [2.05, 4.69) is 45.1 Å². The Morgan fingerprint density at radius 3 is 2.46 bits per heavy atom. The normalized spacial score (nSPS) is 16.9. The lowest BCUT2D eigenvalue weighted by molar-refractivity contribution is 0.434. The summed E-state index contributed by atoms with van der Waals surface area (Å²) in [5, 5.41) is 0. The topological polar surface area (TPSA) is 26.0 Å². The molecule has 0 heterocycles. The van der Waals surface area contributed by atoms with Crippen LogP contribution in [0.15, 0.2) is 24.3 Å². The maximum atomic E-state index is 5.72. The highest BCUT2D eigenvalue weighted by atomic mass is 14.5. The van der Waals surface area contributed by atoms with E-state index in [1.54, 1.807) is 0 Å². The average molecular weight is 181 g/mol. The van der Waals surface area contributed by atoms with E-state index in [1.807, 2.05) is 0 Å². The van der Waals surface area contributed by atoms with E-state index < -0.39 is 0 Å². The van der Waals surface area contributed by atoms with Crippen LogP contribution in [0.1, 0.15) is 33.6 Å². The van der Waals surface area contributed by atoms with Crippen molar-refractivity contribution in [2.45, 2.75) is 33.6 Å². The van der Waals surface area contributed by atoms with Crippen molar-refractivity contribution in [3.63, 3.8) is 0 Å². The van der Waals surface area contributed by atoms with Gasteiger partial charge in [0.1, 0.15) is 0 Å². The summed E-state index contributed by atoms with van der Waals surface area (Å²) in [4.78, 5) is 0. The summed E-state index contributed by atoms with van der Waals surface area (Å²) in [7, 11) is 0. The third kappa shape index (κ3) is 5.64. The van der Waals surface area contributed by atoms with Crippen molar-refractivity contribution < 1.29 is 0 Å². The second kappa shape index (κ2) is 8.06. The molecule has 0 aliphatic rings. The van der Waals surface area contributed by atoms with Crippen molar-refractivity contribution in [3.8, 4) is 0 Å². The van der Waals surface area contributed by atoms with Gasteiger partial charge in [0.2, 0.25) is 0 Å². The van der Waals surface area contributed by atoms with E-state index in [9.17, 15) is 0 Å². The molecule has 0 fully saturated rings. The van der Waals surface area contributed by atoms with Crippen LogP contribution in [0.25, 0.3) is 0 Å². The standard InChI is InChI=1S/C12H23N/c1-4-6-8-11(3)12(10-13)9-7-5-2/h5-8,11-12H,4,9-10,13H2,1-3H3/b7-5?,8-6+. The second-order valence-corrected chi connectivity index (χ2v) is 3.50. The van der Waals surface area contributed by atoms with Gasteiger partial charge in [0.25, 0.3) is 0 Å². The lowest BCUT2D eigenvalue weighted by Crippen LogP contribution is -2.19. The lowest BCUT2D eigenvalue weighted by atomic mass is 9.90. The van der Waals surface area contributed by atoms with Gasteiger partial charge in [0.05, 0.1) is 0 Å². The molecule has 0 aromatic carbocycles. The van der Waals surface area contributed by atoms with Crippen LogP contribution in [0.5, 0.6) is 0 Å². The Bertz CT molecular complexity index is 159. The summed E-state index contributed by atoms with van der Waals surface area (Å²) in [6, 6.07) is 0. The fraction of sp³-hybridized carbons (Fsp3) is 0.667. The molecular formula is C12H23N. The first-order valence-corrected chi connectivity index (χ1v) is 5.24. The minimum Gasteiger partial charge on any atom is -0.330 e. The number of hydrogen-bond donors (Lipinski definition) is 1. The van der Waals surface area contributed by atoms with Gasteiger partial charge in [-0.3, -0.25) is 0 Å². The predicted molar refractivity (Wildman–Crippen MR) is 60.6 cm³/mol. The van der Waals surface area contributed by atoms with Gasteiger partial charge in [0, 0.05) is 0 Å². The first kappa shape index (κ1) is 12.4. The Kier molecular flexibility index (Phi) is 7.71. The van der Waals surface area contributed by atoms with Gasteiger partial charge in [-0.2, -0.15) is 0 Å². The number of nitrogens with two attached hydrogens (primary N) is 1. The Hall–Kier alpha value is -0.560. The number of rotatable bonds is 6. The molecule has 13 heavy (non-hydrogen) atoms. The molecule has 0 aliphatic carbocycles. The molecule has 2 N–H and O–H groups in total. The molecule has 0 spiro atoms. The van der Waals surface area contributed by atoms with E-state index in [0.29, 0.717) is 11.8 Å². The van der Waals surface area contributed by atoms with Gasteiger partial charge in [0.15, 0.2) is 0 Å². The zero-order valence-corrected chi connectivity index (χ0v) is 9.16. The molecule has 2 atom stereocenters. The molecule has 1 heteroatoms. The van der Waals surface area contributed by atoms with Gasteiger partial charge in [-0.15, -0.1) is 0 Å². The van der Waals surface area contributed by atoms with E-state index in [1.165, 1.54) is 0 Å². The van der Waals surface area contributed by atoms with Crippen molar-refractivity contribution in [2.75, 3.05) is 6.54 Å². The van der Waals surface area contributed by atoms with E-state index >= 15 is 0 Å². The molecule has 76 valence electrons. The fourth-order valence-electron chi connectivity index (χ4n) is 1.34. The Morgan fingerprint density at radius 1 is 1.31 bits per heavy atom. The van der Waals surface area contributed by atoms with E-state index in [-0.39, 0.29) is 0 Å². The van der Waals surface area contributed by atoms with Crippen LogP contribution >= 0.6 is 0 Å². The van der Waals surface area contributed by atoms with Crippen molar-refractivity contribution >= 4 is 0 Å². The highest BCUT2D eigenvalue weighted by Crippen LogP contribution is 2.16. The molecular weight excluding hydrogens is 158 g/mol. The van der Waals surface area contributed by atoms with Crippen LogP contribution in [0.3, 0.4) is 0 Å². The molecule has 2 unspecified atom stereocenters. The second-order valence-electron chi connectivity index (χ2n) is 3.50. The van der Waals surface area contributed by atoms with Crippen molar-refractivity contribution in [1.29, 1.82) is 0 Å². The van der Waals surface area contributed by atoms with E-state index in [0.717, 1.165) is 19.4 Å². The first-order valence-electron chi connectivity index (χ1n) is 5.24. The first-order chi connectivity index (χ1) is 6.26. The quantitative estimate of drug-likeness (QED) is 0.626. The molecule has 1 nitrogen and oxygen atoms in total. The van der Waals surface area contributed by atoms with Crippen molar-refractivity contribution in [1.82, 2.24) is 0 Å². The molecule has 0 aliphatic heterocycles. The smallest absolute Gasteiger partial charge is 0.00404 e. The largest absolute Gasteiger partial charge is 0.330 e. The maximum Gasteiger partial charge on any atom is -0.00404 e. The fourth-order valence-corrected chi connectivity index (χ4v) is 1.34. The Morgan fingerprint density at radius 2 is 2.00 bits per heavy atom. The zero-order valence-electron chi connectivity index (χ0n) is 9.16. The molecule has 0 amide bonds. The molecule has 0 aromatic heterocycles. The van der Waals surface area contributed by atoms with Gasteiger partial charge >= 0.3 is 0 Å². The monoisotopic (exact) mass is 181 g/mol. The number of allylic oxidation sites excluding steroid dienone is 4. The van der Waals surface area contributed by atoms with Gasteiger partial charge in [-0.05, 0) is 38.1 Å².